The van der Waals surface area contributed by atoms with Gasteiger partial charge in [-0.3, -0.25) is 9.59 Å². The third-order valence-electron chi connectivity index (χ3n) is 5.28. The van der Waals surface area contributed by atoms with Gasteiger partial charge in [0, 0.05) is 39.1 Å². The Labute approximate surface area is 151 Å². The second-order valence-electron chi connectivity index (χ2n) is 6.89. The van der Waals surface area contributed by atoms with Gasteiger partial charge in [0.1, 0.15) is 4.21 Å². The fourth-order valence-corrected chi connectivity index (χ4v) is 6.45. The number of rotatable bonds is 4. The lowest BCUT2D eigenvalue weighted by Crippen LogP contribution is -2.61. The summed E-state index contributed by atoms with van der Waals surface area (Å²) in [6.07, 6.45) is 2.33. The van der Waals surface area contributed by atoms with E-state index in [4.69, 9.17) is 0 Å². The van der Waals surface area contributed by atoms with Crippen molar-refractivity contribution in [3.05, 3.63) is 17.5 Å². The minimum atomic E-state index is -3.44. The van der Waals surface area contributed by atoms with Crippen molar-refractivity contribution >= 4 is 33.2 Å². The van der Waals surface area contributed by atoms with E-state index in [1.807, 2.05) is 4.90 Å². The second-order valence-corrected chi connectivity index (χ2v) is 10.00. The fourth-order valence-electron chi connectivity index (χ4n) is 3.79. The number of sulfonamides is 1. The van der Waals surface area contributed by atoms with Crippen LogP contribution < -0.4 is 0 Å². The number of hydrogen-bond donors (Lipinski definition) is 0. The highest BCUT2D eigenvalue weighted by Crippen LogP contribution is 2.31. The molecule has 0 aromatic carbocycles. The Morgan fingerprint density at radius 1 is 1.16 bits per heavy atom. The van der Waals surface area contributed by atoms with Crippen molar-refractivity contribution in [2.24, 2.45) is 5.92 Å². The molecule has 7 nitrogen and oxygen atoms in total. The molecule has 3 saturated heterocycles. The molecule has 1 atom stereocenters. The molecular formula is C16H21N3O4S2. The molecule has 136 valence electrons. The highest BCUT2D eigenvalue weighted by molar-refractivity contribution is 7.91. The van der Waals surface area contributed by atoms with Gasteiger partial charge in [-0.15, -0.1) is 11.3 Å². The van der Waals surface area contributed by atoms with Gasteiger partial charge >= 0.3 is 0 Å². The summed E-state index contributed by atoms with van der Waals surface area (Å²) < 4.78 is 26.6. The smallest absolute Gasteiger partial charge is 0.252 e. The number of carbonyl (C=O) groups is 2. The van der Waals surface area contributed by atoms with Gasteiger partial charge in [-0.05, 0) is 24.3 Å². The number of likely N-dealkylation sites (tertiary alicyclic amines) is 2. The molecule has 9 heteroatoms. The van der Waals surface area contributed by atoms with E-state index in [1.54, 1.807) is 22.4 Å². The molecule has 1 unspecified atom stereocenters. The molecule has 1 aromatic rings. The summed E-state index contributed by atoms with van der Waals surface area (Å²) in [6, 6.07) is 3.20. The summed E-state index contributed by atoms with van der Waals surface area (Å²) in [4.78, 5) is 28.4. The highest BCUT2D eigenvalue weighted by atomic mass is 32.2. The molecule has 1 aromatic heterocycles. The van der Waals surface area contributed by atoms with Crippen LogP contribution in [0.3, 0.4) is 0 Å². The molecule has 25 heavy (non-hydrogen) atoms. The molecule has 0 spiro atoms. The van der Waals surface area contributed by atoms with Crippen molar-refractivity contribution in [2.45, 2.75) is 29.5 Å². The van der Waals surface area contributed by atoms with Crippen LogP contribution in [0.2, 0.25) is 0 Å². The van der Waals surface area contributed by atoms with E-state index in [-0.39, 0.29) is 30.2 Å². The van der Waals surface area contributed by atoms with Gasteiger partial charge in [0.15, 0.2) is 0 Å². The van der Waals surface area contributed by atoms with E-state index >= 15 is 0 Å². The van der Waals surface area contributed by atoms with Crippen molar-refractivity contribution in [3.8, 4) is 0 Å². The van der Waals surface area contributed by atoms with Crippen LogP contribution in [-0.2, 0) is 19.6 Å². The van der Waals surface area contributed by atoms with Crippen LogP contribution in [0.1, 0.15) is 19.3 Å². The summed E-state index contributed by atoms with van der Waals surface area (Å²) in [6.45, 7) is 2.64. The topological polar surface area (TPSA) is 78.0 Å². The maximum atomic E-state index is 12.5. The van der Waals surface area contributed by atoms with Crippen molar-refractivity contribution in [1.82, 2.24) is 14.1 Å². The molecule has 3 aliphatic rings. The summed E-state index contributed by atoms with van der Waals surface area (Å²) in [5, 5.41) is 1.74. The molecule has 3 fully saturated rings. The van der Waals surface area contributed by atoms with E-state index in [0.717, 1.165) is 25.9 Å². The van der Waals surface area contributed by atoms with Crippen LogP contribution >= 0.6 is 11.3 Å². The quantitative estimate of drug-likeness (QED) is 0.763. The van der Waals surface area contributed by atoms with Crippen LogP contribution in [0.4, 0.5) is 0 Å². The van der Waals surface area contributed by atoms with Crippen molar-refractivity contribution in [2.75, 3.05) is 32.7 Å². The van der Waals surface area contributed by atoms with Gasteiger partial charge in [0.05, 0.1) is 12.0 Å². The SMILES string of the molecule is O=C(C1CC(=O)N(C2CN(S(=O)(=O)c3cccs3)C2)C1)N1CCCC1. The van der Waals surface area contributed by atoms with Crippen molar-refractivity contribution in [3.63, 3.8) is 0 Å². The first kappa shape index (κ1) is 17.0. The number of amides is 2. The van der Waals surface area contributed by atoms with E-state index < -0.39 is 10.0 Å². The molecule has 0 radical (unpaired) electrons. The van der Waals surface area contributed by atoms with E-state index in [9.17, 15) is 18.0 Å². The predicted molar refractivity (Wildman–Crippen MR) is 92.5 cm³/mol. The monoisotopic (exact) mass is 383 g/mol. The minimum Gasteiger partial charge on any atom is -0.342 e. The number of carbonyl (C=O) groups excluding carboxylic acids is 2. The molecule has 3 aliphatic heterocycles. The Hall–Kier alpha value is -1.45. The zero-order valence-electron chi connectivity index (χ0n) is 13.8. The average molecular weight is 383 g/mol. The molecule has 4 rings (SSSR count). The van der Waals surface area contributed by atoms with Crippen LogP contribution in [0, 0.1) is 5.92 Å². The molecule has 0 N–H and O–H groups in total. The second kappa shape index (κ2) is 6.37. The Morgan fingerprint density at radius 3 is 2.52 bits per heavy atom. The van der Waals surface area contributed by atoms with Gasteiger partial charge in [-0.2, -0.15) is 4.31 Å². The summed E-state index contributed by atoms with van der Waals surface area (Å²) in [5.74, 6) is -0.222. The molecule has 4 heterocycles. The lowest BCUT2D eigenvalue weighted by Gasteiger charge is -2.42. The zero-order chi connectivity index (χ0) is 17.6. The third-order valence-corrected chi connectivity index (χ3v) is 8.49. The molecular weight excluding hydrogens is 362 g/mol. The van der Waals surface area contributed by atoms with Crippen LogP contribution in [0.5, 0.6) is 0 Å². The largest absolute Gasteiger partial charge is 0.342 e. The van der Waals surface area contributed by atoms with Crippen LogP contribution in [0.15, 0.2) is 21.7 Å². The maximum absolute atomic E-state index is 12.5. The summed E-state index contributed by atoms with van der Waals surface area (Å²) in [7, 11) is -3.44. The fraction of sp³-hybridized carbons (Fsp3) is 0.625. The standard InChI is InChI=1S/C16H21N3O4S2/c20-14-8-12(16(21)17-5-1-2-6-17)9-19(14)13-10-18(11-13)25(22,23)15-4-3-7-24-15/h3-4,7,12-13H,1-2,5-6,8-11H2. The Balaban J connectivity index is 1.36. The van der Waals surface area contributed by atoms with E-state index in [0.29, 0.717) is 23.8 Å². The number of thiophene rings is 1. The summed E-state index contributed by atoms with van der Waals surface area (Å²) >= 11 is 1.20. The lowest BCUT2D eigenvalue weighted by molar-refractivity contribution is -0.135. The minimum absolute atomic E-state index is 0.0317. The average Bonchev–Trinajstić information content (AvgIpc) is 3.27. The van der Waals surface area contributed by atoms with Gasteiger partial charge in [0.2, 0.25) is 11.8 Å². The lowest BCUT2D eigenvalue weighted by atomic mass is 10.1. The first-order chi connectivity index (χ1) is 12.0. The van der Waals surface area contributed by atoms with Crippen LogP contribution in [0.25, 0.3) is 0 Å². The number of nitrogens with zero attached hydrogens (tertiary/aromatic N) is 3. The third kappa shape index (κ3) is 2.98. The normalized spacial score (nSPS) is 25.6. The van der Waals surface area contributed by atoms with E-state index in [1.165, 1.54) is 15.6 Å². The van der Waals surface area contributed by atoms with E-state index in [2.05, 4.69) is 0 Å². The van der Waals surface area contributed by atoms with Gasteiger partial charge < -0.3 is 9.80 Å². The first-order valence-corrected chi connectivity index (χ1v) is 10.9. The Kier molecular flexibility index (Phi) is 4.33. The van der Waals surface area contributed by atoms with Crippen molar-refractivity contribution < 1.29 is 18.0 Å². The molecule has 0 saturated carbocycles. The summed E-state index contributed by atoms with van der Waals surface area (Å²) in [5.41, 5.74) is 0. The first-order valence-electron chi connectivity index (χ1n) is 8.59. The van der Waals surface area contributed by atoms with Crippen molar-refractivity contribution in [1.29, 1.82) is 0 Å². The number of hydrogen-bond acceptors (Lipinski definition) is 5. The predicted octanol–water partition coefficient (Wildman–Crippen LogP) is 0.592. The van der Waals surface area contributed by atoms with Gasteiger partial charge in [-0.1, -0.05) is 6.07 Å². The molecule has 0 aliphatic carbocycles. The van der Waals surface area contributed by atoms with Gasteiger partial charge in [0.25, 0.3) is 10.0 Å². The Bertz CT molecular complexity index is 765. The van der Waals surface area contributed by atoms with Gasteiger partial charge in [-0.25, -0.2) is 8.42 Å². The maximum Gasteiger partial charge on any atom is 0.252 e. The van der Waals surface area contributed by atoms with Crippen LogP contribution in [-0.4, -0.2) is 73.1 Å². The highest BCUT2D eigenvalue weighted by Gasteiger charge is 2.46. The zero-order valence-corrected chi connectivity index (χ0v) is 15.5. The molecule has 0 bridgehead atoms. The molecule has 2 amide bonds. The Morgan fingerprint density at radius 2 is 1.88 bits per heavy atom.